The van der Waals surface area contributed by atoms with Gasteiger partial charge in [-0.2, -0.15) is 0 Å². The van der Waals surface area contributed by atoms with Crippen molar-refractivity contribution < 1.29 is 14.6 Å². The lowest BCUT2D eigenvalue weighted by molar-refractivity contribution is -0.182. The molecule has 2 aliphatic rings. The van der Waals surface area contributed by atoms with Gasteiger partial charge in [0.25, 0.3) is 0 Å². The molecular weight excluding hydrogens is 316 g/mol. The molecule has 2 atom stereocenters. The average Bonchev–Trinajstić information content (AvgIpc) is 2.62. The molecule has 25 heavy (non-hydrogen) atoms. The van der Waals surface area contributed by atoms with E-state index in [1.165, 1.54) is 0 Å². The number of aliphatic hydroxyl groups is 1. The van der Waals surface area contributed by atoms with E-state index in [9.17, 15) is 9.90 Å². The van der Waals surface area contributed by atoms with E-state index in [4.69, 9.17) is 4.74 Å². The zero-order chi connectivity index (χ0) is 17.7. The van der Waals surface area contributed by atoms with Crippen molar-refractivity contribution in [1.82, 2.24) is 10.2 Å². The van der Waals surface area contributed by atoms with Crippen LogP contribution in [-0.2, 0) is 16.1 Å². The molecule has 3 rings (SSSR count). The van der Waals surface area contributed by atoms with Crippen LogP contribution >= 0.6 is 0 Å². The summed E-state index contributed by atoms with van der Waals surface area (Å²) < 4.78 is 6.31. The van der Waals surface area contributed by atoms with Crippen LogP contribution in [0.4, 0.5) is 0 Å². The van der Waals surface area contributed by atoms with Gasteiger partial charge in [-0.05, 0) is 31.2 Å². The zero-order valence-corrected chi connectivity index (χ0v) is 15.1. The van der Waals surface area contributed by atoms with Crippen LogP contribution in [0.5, 0.6) is 0 Å². The average molecular weight is 346 g/mol. The number of benzene rings is 1. The summed E-state index contributed by atoms with van der Waals surface area (Å²) >= 11 is 0. The summed E-state index contributed by atoms with van der Waals surface area (Å²) in [6.07, 6.45) is 4.15. The van der Waals surface area contributed by atoms with Crippen molar-refractivity contribution in [2.24, 2.45) is 0 Å². The summed E-state index contributed by atoms with van der Waals surface area (Å²) in [5.41, 5.74) is 0.929. The highest BCUT2D eigenvalue weighted by Crippen LogP contribution is 2.38. The van der Waals surface area contributed by atoms with Gasteiger partial charge in [0.15, 0.2) is 0 Å². The van der Waals surface area contributed by atoms with E-state index in [-0.39, 0.29) is 23.7 Å². The number of carbonyl (C=O) groups excluding carboxylic acids is 1. The molecule has 2 saturated heterocycles. The molecule has 0 aliphatic carbocycles. The van der Waals surface area contributed by atoms with Gasteiger partial charge in [-0.15, -0.1) is 0 Å². The Balaban J connectivity index is 1.43. The van der Waals surface area contributed by atoms with Crippen LogP contribution < -0.4 is 5.32 Å². The fourth-order valence-electron chi connectivity index (χ4n) is 4.01. The highest BCUT2D eigenvalue weighted by atomic mass is 16.5. The summed E-state index contributed by atoms with van der Waals surface area (Å²) in [6.45, 7) is 4.82. The van der Waals surface area contributed by atoms with Crippen molar-refractivity contribution in [2.45, 2.75) is 63.4 Å². The quantitative estimate of drug-likeness (QED) is 0.857. The van der Waals surface area contributed by atoms with Gasteiger partial charge in [0.05, 0.1) is 24.4 Å². The second kappa shape index (κ2) is 8.30. The van der Waals surface area contributed by atoms with Gasteiger partial charge in [-0.25, -0.2) is 0 Å². The number of piperidine rings is 1. The second-order valence-electron chi connectivity index (χ2n) is 7.46. The van der Waals surface area contributed by atoms with Gasteiger partial charge in [-0.1, -0.05) is 37.3 Å². The van der Waals surface area contributed by atoms with Crippen LogP contribution in [0, 0.1) is 0 Å². The Morgan fingerprint density at radius 2 is 2.04 bits per heavy atom. The van der Waals surface area contributed by atoms with Crippen molar-refractivity contribution in [2.75, 3.05) is 19.6 Å². The number of amides is 1. The van der Waals surface area contributed by atoms with Gasteiger partial charge in [0.2, 0.25) is 5.91 Å². The molecule has 2 heterocycles. The number of likely N-dealkylation sites (tertiary alicyclic amines) is 1. The van der Waals surface area contributed by atoms with Crippen molar-refractivity contribution in [3.8, 4) is 0 Å². The van der Waals surface area contributed by atoms with Gasteiger partial charge in [0, 0.05) is 26.1 Å². The third kappa shape index (κ3) is 5.03. The topological polar surface area (TPSA) is 61.8 Å². The third-order valence-corrected chi connectivity index (χ3v) is 5.48. The largest absolute Gasteiger partial charge is 0.393 e. The normalized spacial score (nSPS) is 26.5. The molecule has 2 aliphatic heterocycles. The lowest BCUT2D eigenvalue weighted by atomic mass is 9.81. The number of nitrogens with one attached hydrogen (secondary N) is 1. The molecule has 5 nitrogen and oxygen atoms in total. The summed E-state index contributed by atoms with van der Waals surface area (Å²) in [5.74, 6) is 0.0656. The van der Waals surface area contributed by atoms with Crippen molar-refractivity contribution in [3.63, 3.8) is 0 Å². The lowest BCUT2D eigenvalue weighted by Gasteiger charge is -2.47. The van der Waals surface area contributed by atoms with E-state index < -0.39 is 0 Å². The first-order chi connectivity index (χ1) is 12.1. The molecule has 1 amide bonds. The molecule has 1 spiro atoms. The van der Waals surface area contributed by atoms with Crippen LogP contribution in [0.3, 0.4) is 0 Å². The van der Waals surface area contributed by atoms with E-state index in [0.29, 0.717) is 13.1 Å². The van der Waals surface area contributed by atoms with Crippen molar-refractivity contribution in [1.29, 1.82) is 0 Å². The second-order valence-corrected chi connectivity index (χ2v) is 7.46. The van der Waals surface area contributed by atoms with E-state index in [2.05, 4.69) is 17.1 Å². The predicted octanol–water partition coefficient (Wildman–Crippen LogP) is 2.09. The molecule has 1 aromatic carbocycles. The Morgan fingerprint density at radius 3 is 2.72 bits per heavy atom. The highest BCUT2D eigenvalue weighted by molar-refractivity contribution is 5.78. The number of ether oxygens (including phenoxy) is 1. The Bertz CT molecular complexity index is 555. The van der Waals surface area contributed by atoms with Crippen LogP contribution in [0.15, 0.2) is 30.3 Å². The highest BCUT2D eigenvalue weighted by Gasteiger charge is 2.42. The molecule has 0 saturated carbocycles. The maximum Gasteiger partial charge on any atom is 0.234 e. The lowest BCUT2D eigenvalue weighted by Crippen LogP contribution is -2.53. The molecule has 0 bridgehead atoms. The Morgan fingerprint density at radius 1 is 1.32 bits per heavy atom. The first kappa shape index (κ1) is 18.4. The van der Waals surface area contributed by atoms with Gasteiger partial charge < -0.3 is 15.2 Å². The predicted molar refractivity (Wildman–Crippen MR) is 97.1 cm³/mol. The number of aliphatic hydroxyl groups excluding tert-OH is 1. The molecule has 0 aromatic heterocycles. The molecule has 0 radical (unpaired) electrons. The van der Waals surface area contributed by atoms with E-state index in [1.807, 2.05) is 30.3 Å². The minimum atomic E-state index is -0.251. The smallest absolute Gasteiger partial charge is 0.234 e. The zero-order valence-electron chi connectivity index (χ0n) is 15.1. The monoisotopic (exact) mass is 346 g/mol. The summed E-state index contributed by atoms with van der Waals surface area (Å²) in [6, 6.07) is 9.96. The minimum absolute atomic E-state index is 0.0656. The molecule has 138 valence electrons. The fourth-order valence-corrected chi connectivity index (χ4v) is 4.01. The Labute approximate surface area is 150 Å². The van der Waals surface area contributed by atoms with Gasteiger partial charge in [-0.3, -0.25) is 9.69 Å². The first-order valence-corrected chi connectivity index (χ1v) is 9.47. The van der Waals surface area contributed by atoms with Crippen molar-refractivity contribution >= 4 is 5.91 Å². The molecule has 2 N–H and O–H groups in total. The number of hydrogen-bond acceptors (Lipinski definition) is 4. The van der Waals surface area contributed by atoms with Gasteiger partial charge >= 0.3 is 0 Å². The number of rotatable bonds is 5. The van der Waals surface area contributed by atoms with Crippen LogP contribution in [-0.4, -0.2) is 53.4 Å². The first-order valence-electron chi connectivity index (χ1n) is 9.47. The van der Waals surface area contributed by atoms with E-state index >= 15 is 0 Å². The molecular formula is C20H30N2O3. The summed E-state index contributed by atoms with van der Waals surface area (Å²) in [4.78, 5) is 14.4. The standard InChI is InChI=1S/C20H30N2O3/c1-2-18-12-17(23)13-20(25-18)8-10-22(11-9-20)15-19(24)21-14-16-6-4-3-5-7-16/h3-7,17-18,23H,2,8-15H2,1H3,(H,21,24)/t17-,18+/m1/s1. The fraction of sp³-hybridized carbons (Fsp3) is 0.650. The molecule has 0 unspecified atom stereocenters. The Kier molecular flexibility index (Phi) is 6.10. The van der Waals surface area contributed by atoms with E-state index in [1.54, 1.807) is 0 Å². The van der Waals surface area contributed by atoms with E-state index in [0.717, 1.165) is 50.8 Å². The Hall–Kier alpha value is -1.43. The van der Waals surface area contributed by atoms with Crippen molar-refractivity contribution in [3.05, 3.63) is 35.9 Å². The number of hydrogen-bond donors (Lipinski definition) is 2. The molecule has 1 aromatic rings. The number of carbonyl (C=O) groups is 1. The third-order valence-electron chi connectivity index (χ3n) is 5.48. The molecule has 5 heteroatoms. The van der Waals surface area contributed by atoms with Crippen LogP contribution in [0.2, 0.25) is 0 Å². The van der Waals surface area contributed by atoms with Crippen LogP contribution in [0.25, 0.3) is 0 Å². The SMILES string of the molecule is CC[C@H]1C[C@@H](O)CC2(CCN(CC(=O)NCc3ccccc3)CC2)O1. The summed E-state index contributed by atoms with van der Waals surface area (Å²) in [5, 5.41) is 13.1. The maximum atomic E-state index is 12.2. The minimum Gasteiger partial charge on any atom is -0.393 e. The number of nitrogens with zero attached hydrogens (tertiary/aromatic N) is 1. The molecule has 2 fully saturated rings. The maximum absolute atomic E-state index is 12.2. The van der Waals surface area contributed by atoms with Crippen LogP contribution in [0.1, 0.15) is 44.6 Å². The summed E-state index contributed by atoms with van der Waals surface area (Å²) in [7, 11) is 0. The van der Waals surface area contributed by atoms with Gasteiger partial charge in [0.1, 0.15) is 0 Å².